The number of benzene rings is 2. The Hall–Kier alpha value is -4.06. The van der Waals surface area contributed by atoms with Gasteiger partial charge < -0.3 is 9.15 Å². The Bertz CT molecular complexity index is 1280. The first-order valence-electron chi connectivity index (χ1n) is 9.54. The molecule has 2 aromatic carbocycles. The summed E-state index contributed by atoms with van der Waals surface area (Å²) in [6.07, 6.45) is -3.40. The molecule has 0 N–H and O–H groups in total. The molecule has 3 aromatic rings. The number of carbonyl (C=O) groups is 2. The number of alkyl halides is 3. The van der Waals surface area contributed by atoms with Crippen molar-refractivity contribution in [1.29, 1.82) is 0 Å². The summed E-state index contributed by atoms with van der Waals surface area (Å²) in [5.41, 5.74) is 0.932. The van der Waals surface area contributed by atoms with Gasteiger partial charge in [0.05, 0.1) is 16.4 Å². The fraction of sp³-hybridized carbons (Fsp3) is 0.0909. The second kappa shape index (κ2) is 9.06. The minimum absolute atomic E-state index is 0.0459. The number of ether oxygens (including phenoxy) is 1. The standard InChI is InChI=1S/C22H13F3N2O6S/c23-22(24,25)33-16-7-3-14(4-8-16)18-10-9-17(32-18)11-19-20(28)26(21(29)34-19)12-13-1-5-15(6-2-13)27(30)31/h1-11H,12H2/b19-11-. The summed E-state index contributed by atoms with van der Waals surface area (Å²) >= 11 is 0.723. The van der Waals surface area contributed by atoms with E-state index in [1.807, 2.05) is 0 Å². The minimum atomic E-state index is -4.79. The highest BCUT2D eigenvalue weighted by Gasteiger charge is 2.35. The Balaban J connectivity index is 1.46. The van der Waals surface area contributed by atoms with Crippen molar-refractivity contribution < 1.29 is 36.8 Å². The van der Waals surface area contributed by atoms with Crippen LogP contribution in [0.5, 0.6) is 5.75 Å². The second-order valence-electron chi connectivity index (χ2n) is 6.97. The molecular formula is C22H13F3N2O6S. The fourth-order valence-corrected chi connectivity index (χ4v) is 3.90. The van der Waals surface area contributed by atoms with E-state index in [1.54, 1.807) is 12.1 Å². The molecule has 0 saturated carbocycles. The van der Waals surface area contributed by atoms with Crippen LogP contribution in [-0.2, 0) is 11.3 Å². The molecule has 12 heteroatoms. The van der Waals surface area contributed by atoms with Gasteiger partial charge in [-0.2, -0.15) is 0 Å². The average Bonchev–Trinajstić information content (AvgIpc) is 3.34. The van der Waals surface area contributed by atoms with Crippen molar-refractivity contribution in [2.24, 2.45) is 0 Å². The lowest BCUT2D eigenvalue weighted by molar-refractivity contribution is -0.384. The number of hydrogen-bond donors (Lipinski definition) is 0. The van der Waals surface area contributed by atoms with E-state index in [4.69, 9.17) is 4.42 Å². The van der Waals surface area contributed by atoms with Crippen molar-refractivity contribution in [1.82, 2.24) is 4.90 Å². The molecule has 34 heavy (non-hydrogen) atoms. The van der Waals surface area contributed by atoms with E-state index in [2.05, 4.69) is 4.74 Å². The number of halogens is 3. The van der Waals surface area contributed by atoms with Gasteiger partial charge in [0.2, 0.25) is 0 Å². The van der Waals surface area contributed by atoms with E-state index in [9.17, 15) is 32.9 Å². The van der Waals surface area contributed by atoms with Crippen molar-refractivity contribution in [3.05, 3.63) is 87.0 Å². The topological polar surface area (TPSA) is 103 Å². The zero-order valence-corrected chi connectivity index (χ0v) is 17.8. The monoisotopic (exact) mass is 490 g/mol. The maximum absolute atomic E-state index is 12.7. The summed E-state index contributed by atoms with van der Waals surface area (Å²) < 4.78 is 46.3. The minimum Gasteiger partial charge on any atom is -0.457 e. The van der Waals surface area contributed by atoms with Crippen LogP contribution in [0.2, 0.25) is 0 Å². The van der Waals surface area contributed by atoms with Gasteiger partial charge in [0.15, 0.2) is 0 Å². The van der Waals surface area contributed by atoms with Crippen LogP contribution < -0.4 is 4.74 Å². The van der Waals surface area contributed by atoms with Crippen LogP contribution in [0.3, 0.4) is 0 Å². The molecule has 2 amide bonds. The van der Waals surface area contributed by atoms with E-state index < -0.39 is 22.4 Å². The first kappa shape index (κ1) is 23.1. The lowest BCUT2D eigenvalue weighted by Crippen LogP contribution is -2.27. The smallest absolute Gasteiger partial charge is 0.457 e. The largest absolute Gasteiger partial charge is 0.573 e. The van der Waals surface area contributed by atoms with Gasteiger partial charge in [-0.3, -0.25) is 24.6 Å². The number of nitrogens with zero attached hydrogens (tertiary/aromatic N) is 2. The molecular weight excluding hydrogens is 477 g/mol. The van der Waals surface area contributed by atoms with Crippen LogP contribution in [0.4, 0.5) is 23.7 Å². The number of amides is 2. The van der Waals surface area contributed by atoms with Crippen molar-refractivity contribution in [3.63, 3.8) is 0 Å². The van der Waals surface area contributed by atoms with Crippen molar-refractivity contribution >= 4 is 34.7 Å². The van der Waals surface area contributed by atoms with Gasteiger partial charge >= 0.3 is 6.36 Å². The van der Waals surface area contributed by atoms with Crippen LogP contribution in [0.1, 0.15) is 11.3 Å². The van der Waals surface area contributed by atoms with Crippen LogP contribution in [0, 0.1) is 10.1 Å². The van der Waals surface area contributed by atoms with E-state index in [-0.39, 0.29) is 28.6 Å². The predicted octanol–water partition coefficient (Wildman–Crippen LogP) is 5.99. The molecule has 174 valence electrons. The number of furan rings is 1. The van der Waals surface area contributed by atoms with Crippen LogP contribution >= 0.6 is 11.8 Å². The van der Waals surface area contributed by atoms with Crippen LogP contribution in [0.25, 0.3) is 17.4 Å². The van der Waals surface area contributed by atoms with Gasteiger partial charge in [-0.1, -0.05) is 12.1 Å². The molecule has 1 aliphatic rings. The Morgan fingerprint density at radius 3 is 2.32 bits per heavy atom. The average molecular weight is 490 g/mol. The molecule has 1 aliphatic heterocycles. The molecule has 0 radical (unpaired) electrons. The quantitative estimate of drug-likeness (QED) is 0.238. The maximum atomic E-state index is 12.7. The summed E-state index contributed by atoms with van der Waals surface area (Å²) in [6.45, 7) is -0.0459. The third kappa shape index (κ3) is 5.29. The Kier molecular flexibility index (Phi) is 6.16. The summed E-state index contributed by atoms with van der Waals surface area (Å²) in [4.78, 5) is 36.4. The van der Waals surface area contributed by atoms with Crippen LogP contribution in [-0.4, -0.2) is 27.3 Å². The number of hydrogen-bond acceptors (Lipinski definition) is 7. The summed E-state index contributed by atoms with van der Waals surface area (Å²) in [5, 5.41) is 10.3. The molecule has 1 aromatic heterocycles. The summed E-state index contributed by atoms with van der Waals surface area (Å²) in [7, 11) is 0. The third-order valence-electron chi connectivity index (χ3n) is 4.63. The molecule has 0 bridgehead atoms. The number of rotatable bonds is 6. The van der Waals surface area contributed by atoms with Gasteiger partial charge in [-0.25, -0.2) is 0 Å². The van der Waals surface area contributed by atoms with Crippen LogP contribution in [0.15, 0.2) is 70.0 Å². The molecule has 4 rings (SSSR count). The summed E-state index contributed by atoms with van der Waals surface area (Å²) in [6, 6.07) is 13.7. The molecule has 1 saturated heterocycles. The first-order valence-corrected chi connectivity index (χ1v) is 10.4. The lowest BCUT2D eigenvalue weighted by Gasteiger charge is -2.12. The molecule has 0 aliphatic carbocycles. The van der Waals surface area contributed by atoms with E-state index in [1.165, 1.54) is 42.5 Å². The zero-order chi connectivity index (χ0) is 24.5. The lowest BCUT2D eigenvalue weighted by atomic mass is 10.2. The number of nitro benzene ring substituents is 1. The fourth-order valence-electron chi connectivity index (χ4n) is 3.08. The van der Waals surface area contributed by atoms with Gasteiger partial charge in [0.1, 0.15) is 17.3 Å². The molecule has 8 nitrogen and oxygen atoms in total. The number of thioether (sulfide) groups is 1. The van der Waals surface area contributed by atoms with E-state index >= 15 is 0 Å². The number of nitro groups is 1. The van der Waals surface area contributed by atoms with Crippen molar-refractivity contribution in [3.8, 4) is 17.1 Å². The van der Waals surface area contributed by atoms with E-state index in [0.717, 1.165) is 28.8 Å². The highest BCUT2D eigenvalue weighted by atomic mass is 32.2. The number of non-ortho nitro benzene ring substituents is 1. The Labute approximate surface area is 193 Å². The predicted molar refractivity (Wildman–Crippen MR) is 115 cm³/mol. The van der Waals surface area contributed by atoms with Crippen molar-refractivity contribution in [2.75, 3.05) is 0 Å². The molecule has 2 heterocycles. The SMILES string of the molecule is O=C1S/C(=C\c2ccc(-c3ccc(OC(F)(F)F)cc3)o2)C(=O)N1Cc1ccc([N+](=O)[O-])cc1. The normalized spacial score (nSPS) is 15.3. The number of imide groups is 1. The molecule has 0 spiro atoms. The molecule has 1 fully saturated rings. The number of carbonyl (C=O) groups excluding carboxylic acids is 2. The molecule has 0 atom stereocenters. The van der Waals surface area contributed by atoms with E-state index in [0.29, 0.717) is 16.9 Å². The maximum Gasteiger partial charge on any atom is 0.573 e. The second-order valence-corrected chi connectivity index (χ2v) is 7.96. The van der Waals surface area contributed by atoms with Gasteiger partial charge in [0.25, 0.3) is 16.8 Å². The van der Waals surface area contributed by atoms with Crippen molar-refractivity contribution in [2.45, 2.75) is 12.9 Å². The summed E-state index contributed by atoms with van der Waals surface area (Å²) in [5.74, 6) is -0.300. The molecule has 0 unspecified atom stereocenters. The zero-order valence-electron chi connectivity index (χ0n) is 16.9. The highest BCUT2D eigenvalue weighted by Crippen LogP contribution is 2.35. The Morgan fingerprint density at radius 2 is 1.71 bits per heavy atom. The van der Waals surface area contributed by atoms with Gasteiger partial charge in [-0.15, -0.1) is 13.2 Å². The highest BCUT2D eigenvalue weighted by molar-refractivity contribution is 8.18. The Morgan fingerprint density at radius 1 is 1.03 bits per heavy atom. The third-order valence-corrected chi connectivity index (χ3v) is 5.54. The van der Waals surface area contributed by atoms with Gasteiger partial charge in [0, 0.05) is 23.8 Å². The van der Waals surface area contributed by atoms with Gasteiger partial charge in [-0.05, 0) is 53.7 Å². The first-order chi connectivity index (χ1) is 16.1.